The number of carbonyl (C=O) groups is 2. The molecule has 1 atom stereocenters. The summed E-state index contributed by atoms with van der Waals surface area (Å²) in [5.41, 5.74) is 2.45. The lowest BCUT2D eigenvalue weighted by molar-refractivity contribution is -0.140. The van der Waals surface area contributed by atoms with Crippen molar-refractivity contribution in [3.8, 4) is 0 Å². The first-order valence-corrected chi connectivity index (χ1v) is 16.5. The predicted molar refractivity (Wildman–Crippen MR) is 177 cm³/mol. The quantitative estimate of drug-likeness (QED) is 0.177. The number of benzene rings is 4. The van der Waals surface area contributed by atoms with Crippen molar-refractivity contribution in [1.82, 2.24) is 10.2 Å². The van der Waals surface area contributed by atoms with Crippen LogP contribution >= 0.6 is 34.8 Å². The predicted octanol–water partition coefficient (Wildman–Crippen LogP) is 6.93. The highest BCUT2D eigenvalue weighted by molar-refractivity contribution is 7.92. The van der Waals surface area contributed by atoms with Crippen molar-refractivity contribution in [3.63, 3.8) is 0 Å². The van der Waals surface area contributed by atoms with Gasteiger partial charge < -0.3 is 10.2 Å². The molecule has 0 aromatic heterocycles. The summed E-state index contributed by atoms with van der Waals surface area (Å²) < 4.78 is 29.1. The van der Waals surface area contributed by atoms with Crippen LogP contribution in [0.1, 0.15) is 23.6 Å². The van der Waals surface area contributed by atoms with E-state index in [2.05, 4.69) is 5.32 Å². The molecule has 0 radical (unpaired) electrons. The average Bonchev–Trinajstić information content (AvgIpc) is 3.00. The molecule has 11 heteroatoms. The highest BCUT2D eigenvalue weighted by atomic mass is 35.5. The Morgan fingerprint density at radius 2 is 1.43 bits per heavy atom. The molecule has 0 aliphatic heterocycles. The van der Waals surface area contributed by atoms with E-state index in [1.807, 2.05) is 37.3 Å². The fourth-order valence-corrected chi connectivity index (χ4v) is 6.73. The Balaban J connectivity index is 1.82. The summed E-state index contributed by atoms with van der Waals surface area (Å²) in [5.74, 6) is -1.01. The van der Waals surface area contributed by atoms with Crippen LogP contribution in [0.3, 0.4) is 0 Å². The smallest absolute Gasteiger partial charge is 0.264 e. The van der Waals surface area contributed by atoms with Crippen LogP contribution < -0.4 is 9.62 Å². The number of hydrogen-bond donors (Lipinski definition) is 1. The van der Waals surface area contributed by atoms with E-state index in [-0.39, 0.29) is 23.5 Å². The van der Waals surface area contributed by atoms with Gasteiger partial charge in [0, 0.05) is 40.1 Å². The monoisotopic (exact) mass is 671 g/mol. The second-order valence-electron chi connectivity index (χ2n) is 10.1. The highest BCUT2D eigenvalue weighted by Gasteiger charge is 2.35. The van der Waals surface area contributed by atoms with Crippen molar-refractivity contribution in [1.29, 1.82) is 0 Å². The van der Waals surface area contributed by atoms with Gasteiger partial charge in [0.25, 0.3) is 10.0 Å². The van der Waals surface area contributed by atoms with Gasteiger partial charge in [0.1, 0.15) is 12.6 Å². The van der Waals surface area contributed by atoms with Gasteiger partial charge in [0.2, 0.25) is 11.8 Å². The number of halogens is 3. The van der Waals surface area contributed by atoms with Crippen molar-refractivity contribution >= 4 is 62.3 Å². The molecule has 0 fully saturated rings. The third-order valence-corrected chi connectivity index (χ3v) is 9.76. The lowest BCUT2D eigenvalue weighted by atomic mass is 10.0. The second-order valence-corrected chi connectivity index (χ2v) is 13.2. The molecule has 0 spiro atoms. The molecule has 4 aromatic carbocycles. The van der Waals surface area contributed by atoms with Crippen molar-refractivity contribution in [2.24, 2.45) is 0 Å². The Kier molecular flexibility index (Phi) is 11.3. The molecule has 2 amide bonds. The maximum atomic E-state index is 14.4. The molecule has 0 heterocycles. The molecule has 4 rings (SSSR count). The van der Waals surface area contributed by atoms with E-state index in [9.17, 15) is 18.0 Å². The first-order valence-electron chi connectivity index (χ1n) is 13.9. The van der Waals surface area contributed by atoms with Crippen LogP contribution in [0.25, 0.3) is 0 Å². The molecule has 0 aliphatic rings. The molecule has 1 N–H and O–H groups in total. The number of carbonyl (C=O) groups excluding carboxylic acids is 2. The zero-order valence-electron chi connectivity index (χ0n) is 24.2. The molecule has 0 saturated carbocycles. The molecule has 1 unspecified atom stereocenters. The number of aryl methyl sites for hydroxylation is 1. The van der Waals surface area contributed by atoms with Crippen LogP contribution in [-0.2, 0) is 32.6 Å². The maximum absolute atomic E-state index is 14.4. The fraction of sp³-hybridized carbons (Fsp3) is 0.212. The number of nitrogens with one attached hydrogen (secondary N) is 1. The van der Waals surface area contributed by atoms with Gasteiger partial charge in [-0.15, -0.1) is 0 Å². The second kappa shape index (κ2) is 14.9. The van der Waals surface area contributed by atoms with Crippen LogP contribution in [0.2, 0.25) is 15.1 Å². The number of anilines is 1. The van der Waals surface area contributed by atoms with Gasteiger partial charge >= 0.3 is 0 Å². The Morgan fingerprint density at radius 1 is 0.818 bits per heavy atom. The van der Waals surface area contributed by atoms with Crippen molar-refractivity contribution in [2.45, 2.75) is 37.8 Å². The van der Waals surface area contributed by atoms with E-state index in [1.165, 1.54) is 29.2 Å². The molecule has 4 aromatic rings. The summed E-state index contributed by atoms with van der Waals surface area (Å²) in [6.07, 6.45) is 0.176. The first kappa shape index (κ1) is 33.3. The number of rotatable bonds is 12. The standard InChI is InChI=1S/C33H32Cl3N3O4S/c1-3-37-33(41)31(20-24-8-5-4-6-9-24)38(21-28-29(35)10-7-11-30(28)36)32(40)22-39(26-16-12-23(2)13-17-26)44(42,43)27-18-14-25(34)15-19-27/h4-19,31H,3,20-22H2,1-2H3,(H,37,41). The molecule has 230 valence electrons. The number of hydrogen-bond acceptors (Lipinski definition) is 4. The lowest BCUT2D eigenvalue weighted by Crippen LogP contribution is -2.53. The molecule has 0 aliphatic carbocycles. The summed E-state index contributed by atoms with van der Waals surface area (Å²) in [5, 5.41) is 3.82. The third kappa shape index (κ3) is 8.12. The van der Waals surface area contributed by atoms with E-state index in [0.29, 0.717) is 27.2 Å². The number of likely N-dealkylation sites (N-methyl/N-ethyl adjacent to an activating group) is 1. The van der Waals surface area contributed by atoms with E-state index >= 15 is 0 Å². The molecule has 0 saturated heterocycles. The molecule has 7 nitrogen and oxygen atoms in total. The van der Waals surface area contributed by atoms with Gasteiger partial charge in [-0.3, -0.25) is 13.9 Å². The van der Waals surface area contributed by atoms with Crippen LogP contribution in [0, 0.1) is 6.92 Å². The Labute approximate surface area is 273 Å². The van der Waals surface area contributed by atoms with Crippen LogP contribution in [0.5, 0.6) is 0 Å². The lowest BCUT2D eigenvalue weighted by Gasteiger charge is -2.34. The highest BCUT2D eigenvalue weighted by Crippen LogP contribution is 2.29. The van der Waals surface area contributed by atoms with Crippen LogP contribution in [0.4, 0.5) is 5.69 Å². The Hall–Kier alpha value is -3.56. The minimum atomic E-state index is -4.24. The summed E-state index contributed by atoms with van der Waals surface area (Å²) in [7, 11) is -4.24. The maximum Gasteiger partial charge on any atom is 0.264 e. The summed E-state index contributed by atoms with van der Waals surface area (Å²) in [6.45, 7) is 3.27. The van der Waals surface area contributed by atoms with Gasteiger partial charge in [-0.1, -0.05) is 88.9 Å². The van der Waals surface area contributed by atoms with E-state index in [0.717, 1.165) is 15.4 Å². The normalized spacial score (nSPS) is 11.9. The van der Waals surface area contributed by atoms with Crippen LogP contribution in [0.15, 0.2) is 102 Å². The van der Waals surface area contributed by atoms with Crippen molar-refractivity contribution < 1.29 is 18.0 Å². The SMILES string of the molecule is CCNC(=O)C(Cc1ccccc1)N(Cc1c(Cl)cccc1Cl)C(=O)CN(c1ccc(C)cc1)S(=O)(=O)c1ccc(Cl)cc1. The number of amides is 2. The van der Waals surface area contributed by atoms with Crippen molar-refractivity contribution in [2.75, 3.05) is 17.4 Å². The summed E-state index contributed by atoms with van der Waals surface area (Å²) >= 11 is 19.1. The molecular formula is C33H32Cl3N3O4S. The van der Waals surface area contributed by atoms with Crippen LogP contribution in [-0.4, -0.2) is 44.3 Å². The minimum absolute atomic E-state index is 0.0412. The summed E-state index contributed by atoms with van der Waals surface area (Å²) in [4.78, 5) is 29.3. The average molecular weight is 673 g/mol. The summed E-state index contributed by atoms with van der Waals surface area (Å²) in [6, 6.07) is 25.8. The minimum Gasteiger partial charge on any atom is -0.355 e. The Bertz CT molecular complexity index is 1680. The molecule has 0 bridgehead atoms. The fourth-order valence-electron chi connectivity index (χ4n) is 4.67. The van der Waals surface area contributed by atoms with Crippen molar-refractivity contribution in [3.05, 3.63) is 129 Å². The topological polar surface area (TPSA) is 86.8 Å². The zero-order chi connectivity index (χ0) is 31.9. The van der Waals surface area contributed by atoms with Gasteiger partial charge in [-0.05, 0) is 67.9 Å². The third-order valence-electron chi connectivity index (χ3n) is 7.01. The van der Waals surface area contributed by atoms with Gasteiger partial charge in [-0.2, -0.15) is 0 Å². The largest absolute Gasteiger partial charge is 0.355 e. The van der Waals surface area contributed by atoms with Gasteiger partial charge in [0.05, 0.1) is 10.6 Å². The first-order chi connectivity index (χ1) is 21.0. The zero-order valence-corrected chi connectivity index (χ0v) is 27.3. The van der Waals surface area contributed by atoms with E-state index in [4.69, 9.17) is 34.8 Å². The number of sulfonamides is 1. The molecular weight excluding hydrogens is 641 g/mol. The molecule has 44 heavy (non-hydrogen) atoms. The van der Waals surface area contributed by atoms with Gasteiger partial charge in [0.15, 0.2) is 0 Å². The Morgan fingerprint density at radius 3 is 2.02 bits per heavy atom. The van der Waals surface area contributed by atoms with Gasteiger partial charge in [-0.25, -0.2) is 8.42 Å². The van der Waals surface area contributed by atoms with E-state index in [1.54, 1.807) is 49.4 Å². The number of nitrogens with zero attached hydrogens (tertiary/aromatic N) is 2. The van der Waals surface area contributed by atoms with E-state index < -0.39 is 34.4 Å².